The van der Waals surface area contributed by atoms with Crippen LogP contribution in [0.4, 0.5) is 14.9 Å². The molecule has 0 spiro atoms. The average Bonchev–Trinajstić information content (AvgIpc) is 2.85. The maximum Gasteiger partial charge on any atom is 0.410 e. The fourth-order valence-corrected chi connectivity index (χ4v) is 4.94. The summed E-state index contributed by atoms with van der Waals surface area (Å²) in [6, 6.07) is 11.7. The maximum atomic E-state index is 14.4. The molecule has 1 fully saturated rings. The van der Waals surface area contributed by atoms with Gasteiger partial charge in [0.05, 0.1) is 18.4 Å². The van der Waals surface area contributed by atoms with Crippen molar-refractivity contribution >= 4 is 29.0 Å². The molecule has 10 heteroatoms. The van der Waals surface area contributed by atoms with Crippen LogP contribution in [-0.4, -0.2) is 58.1 Å². The zero-order chi connectivity index (χ0) is 27.2. The smallest absolute Gasteiger partial charge is 0.410 e. The Bertz CT molecular complexity index is 1130. The van der Waals surface area contributed by atoms with E-state index in [1.54, 1.807) is 11.0 Å². The number of piperidine rings is 1. The number of hydrogen-bond donors (Lipinski definition) is 1. The molecule has 1 aliphatic heterocycles. The molecule has 1 atom stereocenters. The number of halogens is 1. The van der Waals surface area contributed by atoms with Crippen molar-refractivity contribution in [1.82, 2.24) is 4.90 Å². The third kappa shape index (κ3) is 8.00. The molecule has 1 heterocycles. The monoisotopic (exact) mass is 534 g/mol. The number of esters is 1. The fraction of sp³-hybridized carbons (Fsp3) is 0.481. The number of hydrogen-bond acceptors (Lipinski definition) is 5. The second kappa shape index (κ2) is 12.5. The molecule has 0 aliphatic carbocycles. The molecule has 1 aliphatic rings. The number of carbonyl (C=O) groups is 2. The highest BCUT2D eigenvalue weighted by Crippen LogP contribution is 2.31. The first-order valence-corrected chi connectivity index (χ1v) is 13.4. The summed E-state index contributed by atoms with van der Waals surface area (Å²) in [5.41, 5.74) is 1.66. The third-order valence-electron chi connectivity index (χ3n) is 6.25. The average molecular weight is 535 g/mol. The number of carbonyl (C=O) groups excluding carboxylic acids is 2. The number of methoxy groups -OCH3 is 1. The van der Waals surface area contributed by atoms with Gasteiger partial charge in [-0.2, -0.15) is 0 Å². The zero-order valence-electron chi connectivity index (χ0n) is 21.7. The van der Waals surface area contributed by atoms with Crippen LogP contribution < -0.4 is 4.31 Å². The molecule has 0 bridgehead atoms. The van der Waals surface area contributed by atoms with Gasteiger partial charge >= 0.3 is 12.1 Å². The molecule has 3 rings (SSSR count). The fourth-order valence-electron chi connectivity index (χ4n) is 4.36. The van der Waals surface area contributed by atoms with E-state index in [9.17, 15) is 22.7 Å². The van der Waals surface area contributed by atoms with Gasteiger partial charge in [-0.05, 0) is 87.8 Å². The quantitative estimate of drug-likeness (QED) is 0.365. The van der Waals surface area contributed by atoms with E-state index in [2.05, 4.69) is 4.74 Å². The van der Waals surface area contributed by atoms with Gasteiger partial charge in [0.1, 0.15) is 11.4 Å². The SMILES string of the molecule is COC(=O)c1ccc(CCCN(c2cccc(C3CCN(C(=O)OC(C)(C)C)CC3)c2)S(=O)O)c(F)c1. The van der Waals surface area contributed by atoms with Crippen LogP contribution in [-0.2, 0) is 27.2 Å². The van der Waals surface area contributed by atoms with Crippen molar-refractivity contribution in [2.45, 2.75) is 58.0 Å². The lowest BCUT2D eigenvalue weighted by Gasteiger charge is -2.34. The van der Waals surface area contributed by atoms with Crippen LogP contribution in [0.1, 0.15) is 67.4 Å². The largest absolute Gasteiger partial charge is 0.465 e. The van der Waals surface area contributed by atoms with Gasteiger partial charge in [0.25, 0.3) is 11.3 Å². The number of anilines is 1. The van der Waals surface area contributed by atoms with E-state index in [0.29, 0.717) is 37.2 Å². The van der Waals surface area contributed by atoms with Crippen molar-refractivity contribution in [2.24, 2.45) is 0 Å². The summed E-state index contributed by atoms with van der Waals surface area (Å²) in [5, 5.41) is 0. The number of likely N-dealkylation sites (tertiary alicyclic amines) is 1. The second-order valence-corrected chi connectivity index (χ2v) is 11.0. The predicted octanol–water partition coefficient (Wildman–Crippen LogP) is 5.30. The molecule has 2 aromatic carbocycles. The Balaban J connectivity index is 1.61. The zero-order valence-corrected chi connectivity index (χ0v) is 22.6. The van der Waals surface area contributed by atoms with Crippen LogP contribution in [0.15, 0.2) is 42.5 Å². The summed E-state index contributed by atoms with van der Waals surface area (Å²) < 4.78 is 47.9. The van der Waals surface area contributed by atoms with E-state index in [1.807, 2.05) is 39.0 Å². The molecule has 1 saturated heterocycles. The Labute approximate surface area is 220 Å². The Morgan fingerprint density at radius 2 is 1.86 bits per heavy atom. The summed E-state index contributed by atoms with van der Waals surface area (Å²) in [4.78, 5) is 25.6. The molecule has 202 valence electrons. The Morgan fingerprint density at radius 1 is 1.16 bits per heavy atom. The minimum absolute atomic E-state index is 0.135. The number of nitrogens with zero attached hydrogens (tertiary/aromatic N) is 2. The highest BCUT2D eigenvalue weighted by Gasteiger charge is 2.28. The first kappa shape index (κ1) is 28.6. The van der Waals surface area contributed by atoms with Crippen LogP contribution >= 0.6 is 0 Å². The Kier molecular flexibility index (Phi) is 9.67. The lowest BCUT2D eigenvalue weighted by molar-refractivity contribution is 0.0204. The normalized spacial score (nSPS) is 15.2. The van der Waals surface area contributed by atoms with Crippen molar-refractivity contribution in [3.63, 3.8) is 0 Å². The second-order valence-electron chi connectivity index (χ2n) is 10.1. The van der Waals surface area contributed by atoms with Gasteiger partial charge in [-0.3, -0.25) is 8.86 Å². The minimum Gasteiger partial charge on any atom is -0.465 e. The van der Waals surface area contributed by atoms with E-state index in [1.165, 1.54) is 23.5 Å². The lowest BCUT2D eigenvalue weighted by atomic mass is 9.89. The van der Waals surface area contributed by atoms with Gasteiger partial charge in [0, 0.05) is 19.6 Å². The van der Waals surface area contributed by atoms with E-state index < -0.39 is 28.7 Å². The molecule has 8 nitrogen and oxygen atoms in total. The van der Waals surface area contributed by atoms with Crippen LogP contribution in [0, 0.1) is 5.82 Å². The highest BCUT2D eigenvalue weighted by molar-refractivity contribution is 7.80. The number of benzene rings is 2. The number of aryl methyl sites for hydroxylation is 1. The van der Waals surface area contributed by atoms with Gasteiger partial charge in [-0.25, -0.2) is 18.2 Å². The first-order valence-electron chi connectivity index (χ1n) is 12.3. The molecular weight excluding hydrogens is 499 g/mol. The molecule has 1 N–H and O–H groups in total. The molecule has 1 unspecified atom stereocenters. The highest BCUT2D eigenvalue weighted by atomic mass is 32.2. The molecule has 0 saturated carbocycles. The summed E-state index contributed by atoms with van der Waals surface area (Å²) >= 11 is -2.25. The molecule has 37 heavy (non-hydrogen) atoms. The summed E-state index contributed by atoms with van der Waals surface area (Å²) in [6.45, 7) is 6.94. The van der Waals surface area contributed by atoms with Crippen molar-refractivity contribution in [1.29, 1.82) is 0 Å². The van der Waals surface area contributed by atoms with E-state index in [4.69, 9.17) is 4.74 Å². The van der Waals surface area contributed by atoms with Gasteiger partial charge in [-0.15, -0.1) is 0 Å². The van der Waals surface area contributed by atoms with Gasteiger partial charge in [-0.1, -0.05) is 18.2 Å². The first-order chi connectivity index (χ1) is 17.5. The van der Waals surface area contributed by atoms with Crippen LogP contribution in [0.25, 0.3) is 0 Å². The number of rotatable bonds is 8. The van der Waals surface area contributed by atoms with Gasteiger partial charge in [0.15, 0.2) is 0 Å². The summed E-state index contributed by atoms with van der Waals surface area (Å²) in [5.74, 6) is -0.906. The van der Waals surface area contributed by atoms with Crippen molar-refractivity contribution < 1.29 is 32.2 Å². The molecule has 2 aromatic rings. The van der Waals surface area contributed by atoms with E-state index >= 15 is 0 Å². The lowest BCUT2D eigenvalue weighted by Crippen LogP contribution is -2.41. The molecule has 0 aromatic heterocycles. The summed E-state index contributed by atoms with van der Waals surface area (Å²) in [6.07, 6.45) is 2.00. The molecule has 0 radical (unpaired) electrons. The third-order valence-corrected chi connectivity index (χ3v) is 7.02. The predicted molar refractivity (Wildman–Crippen MR) is 140 cm³/mol. The maximum absolute atomic E-state index is 14.4. The Morgan fingerprint density at radius 3 is 2.46 bits per heavy atom. The van der Waals surface area contributed by atoms with Gasteiger partial charge in [0.2, 0.25) is 0 Å². The van der Waals surface area contributed by atoms with Crippen LogP contribution in [0.2, 0.25) is 0 Å². The molecular formula is C27H35FN2O6S. The standard InChI is InChI=1S/C27H35FN2O6S/c1-27(2,3)36-26(32)29-15-12-19(13-16-29)21-7-5-9-23(17-21)30(37(33)34)14-6-8-20-10-11-22(18-24(20)28)25(31)35-4/h5,7,9-11,17-19H,6,8,12-16H2,1-4H3,(H,33,34). The van der Waals surface area contributed by atoms with E-state index in [-0.39, 0.29) is 24.1 Å². The van der Waals surface area contributed by atoms with Crippen LogP contribution in [0.5, 0.6) is 0 Å². The minimum atomic E-state index is -2.25. The van der Waals surface area contributed by atoms with Gasteiger partial charge < -0.3 is 14.4 Å². The molecule has 1 amide bonds. The van der Waals surface area contributed by atoms with Crippen molar-refractivity contribution in [2.75, 3.05) is 31.0 Å². The Hall–Kier alpha value is -2.98. The topological polar surface area (TPSA) is 96.4 Å². The van der Waals surface area contributed by atoms with E-state index in [0.717, 1.165) is 24.5 Å². The number of amides is 1. The summed E-state index contributed by atoms with van der Waals surface area (Å²) in [7, 11) is 1.24. The van der Waals surface area contributed by atoms with Crippen molar-refractivity contribution in [3.05, 3.63) is 65.0 Å². The van der Waals surface area contributed by atoms with Crippen molar-refractivity contribution in [3.8, 4) is 0 Å². The van der Waals surface area contributed by atoms with Crippen LogP contribution in [0.3, 0.4) is 0 Å². The number of ether oxygens (including phenoxy) is 2.